The van der Waals surface area contributed by atoms with Gasteiger partial charge in [-0.1, -0.05) is 15.9 Å². The molecule has 1 heterocycles. The molecule has 0 bridgehead atoms. The number of nitrogens with zero attached hydrogens (tertiary/aromatic N) is 1. The van der Waals surface area contributed by atoms with Gasteiger partial charge in [0.15, 0.2) is 6.61 Å². The van der Waals surface area contributed by atoms with Crippen molar-refractivity contribution >= 4 is 45.9 Å². The maximum absolute atomic E-state index is 12.3. The zero-order chi connectivity index (χ0) is 18.6. The molecule has 132 valence electrons. The summed E-state index contributed by atoms with van der Waals surface area (Å²) in [5.41, 5.74) is 0.298. The minimum atomic E-state index is -1.16. The number of urea groups is 1. The van der Waals surface area contributed by atoms with Gasteiger partial charge in [-0.15, -0.1) is 0 Å². The van der Waals surface area contributed by atoms with Crippen LogP contribution in [0, 0.1) is 0 Å². The maximum atomic E-state index is 12.3. The van der Waals surface area contributed by atoms with Crippen molar-refractivity contribution in [2.75, 3.05) is 20.3 Å². The average Bonchev–Trinajstić information content (AvgIpc) is 2.81. The van der Waals surface area contributed by atoms with E-state index in [4.69, 9.17) is 9.84 Å². The van der Waals surface area contributed by atoms with Gasteiger partial charge in [0.25, 0.3) is 5.91 Å². The van der Waals surface area contributed by atoms with Crippen molar-refractivity contribution < 1.29 is 33.8 Å². The fourth-order valence-corrected chi connectivity index (χ4v) is 2.35. The summed E-state index contributed by atoms with van der Waals surface area (Å²) in [5.74, 6) is -2.39. The van der Waals surface area contributed by atoms with Crippen molar-refractivity contribution in [3.05, 3.63) is 33.9 Å². The van der Waals surface area contributed by atoms with E-state index in [0.717, 1.165) is 7.11 Å². The van der Waals surface area contributed by atoms with Gasteiger partial charge in [-0.05, 0) is 24.3 Å². The predicted octanol–water partition coefficient (Wildman–Crippen LogP) is 0.978. The quantitative estimate of drug-likeness (QED) is 0.405. The summed E-state index contributed by atoms with van der Waals surface area (Å²) in [4.78, 5) is 46.7. The highest BCUT2D eigenvalue weighted by atomic mass is 79.9. The molecule has 25 heavy (non-hydrogen) atoms. The molecule has 1 aliphatic rings. The van der Waals surface area contributed by atoms with Crippen molar-refractivity contribution in [3.8, 4) is 5.75 Å². The summed E-state index contributed by atoms with van der Waals surface area (Å²) in [6.07, 6.45) is 1.33. The largest absolute Gasteiger partial charge is 0.481 e. The zero-order valence-corrected chi connectivity index (χ0v) is 14.5. The molecule has 1 fully saturated rings. The number of hydrogen-bond donors (Lipinski definition) is 2. The lowest BCUT2D eigenvalue weighted by atomic mass is 10.1. The molecular formula is C15H13BrN2O7. The van der Waals surface area contributed by atoms with Crippen LogP contribution in [0.4, 0.5) is 4.79 Å². The van der Waals surface area contributed by atoms with E-state index in [1.165, 1.54) is 12.1 Å². The highest BCUT2D eigenvalue weighted by Crippen LogP contribution is 2.26. The molecule has 10 heteroatoms. The van der Waals surface area contributed by atoms with Crippen LogP contribution in [0.5, 0.6) is 5.75 Å². The Morgan fingerprint density at radius 2 is 2.08 bits per heavy atom. The minimum absolute atomic E-state index is 0.0767. The Labute approximate surface area is 150 Å². The number of carbonyl (C=O) groups is 4. The van der Waals surface area contributed by atoms with Gasteiger partial charge in [-0.3, -0.25) is 9.59 Å². The van der Waals surface area contributed by atoms with Gasteiger partial charge in [0.1, 0.15) is 18.0 Å². The second-order valence-electron chi connectivity index (χ2n) is 4.82. The molecule has 0 aromatic heterocycles. The third-order valence-corrected chi connectivity index (χ3v) is 3.59. The van der Waals surface area contributed by atoms with E-state index in [1.807, 2.05) is 0 Å². The predicted molar refractivity (Wildman–Crippen MR) is 87.5 cm³/mol. The van der Waals surface area contributed by atoms with Crippen LogP contribution in [0.15, 0.2) is 28.4 Å². The van der Waals surface area contributed by atoms with Gasteiger partial charge >= 0.3 is 18.0 Å². The van der Waals surface area contributed by atoms with Crippen molar-refractivity contribution in [2.45, 2.75) is 0 Å². The molecule has 0 spiro atoms. The van der Waals surface area contributed by atoms with E-state index in [-0.39, 0.29) is 11.4 Å². The molecule has 0 saturated carbocycles. The van der Waals surface area contributed by atoms with E-state index in [9.17, 15) is 19.2 Å². The molecule has 1 saturated heterocycles. The summed E-state index contributed by atoms with van der Waals surface area (Å²) in [6.45, 7) is -1.08. The van der Waals surface area contributed by atoms with E-state index >= 15 is 0 Å². The molecular weight excluding hydrogens is 400 g/mol. The van der Waals surface area contributed by atoms with E-state index in [1.54, 1.807) is 12.1 Å². The summed E-state index contributed by atoms with van der Waals surface area (Å²) in [6, 6.07) is 3.99. The number of amides is 3. The molecule has 0 unspecified atom stereocenters. The monoisotopic (exact) mass is 412 g/mol. The number of methoxy groups -OCH3 is 1. The average molecular weight is 413 g/mol. The van der Waals surface area contributed by atoms with Crippen LogP contribution in [-0.4, -0.2) is 54.1 Å². The number of imide groups is 1. The Morgan fingerprint density at radius 3 is 2.72 bits per heavy atom. The summed E-state index contributed by atoms with van der Waals surface area (Å²) in [7, 11) is 1.14. The van der Waals surface area contributed by atoms with Gasteiger partial charge in [-0.25, -0.2) is 14.5 Å². The number of benzene rings is 1. The Morgan fingerprint density at radius 1 is 1.36 bits per heavy atom. The number of esters is 1. The minimum Gasteiger partial charge on any atom is -0.481 e. The van der Waals surface area contributed by atoms with E-state index in [0.29, 0.717) is 14.9 Å². The SMILES string of the molecule is COC(=O)CN1C(=O)N/C(=C/c2cc(Br)ccc2OCC(=O)O)C1=O. The van der Waals surface area contributed by atoms with E-state index < -0.39 is 37.0 Å². The summed E-state index contributed by atoms with van der Waals surface area (Å²) >= 11 is 3.26. The Balaban J connectivity index is 2.29. The Hall–Kier alpha value is -2.88. The standard InChI is InChI=1S/C15H13BrN2O7/c1-24-13(21)6-18-14(22)10(17-15(18)23)5-8-4-9(16)2-3-11(8)25-7-12(19)20/h2-5H,6-7H2,1H3,(H,17,23)(H,19,20)/b10-5+. The number of halogens is 1. The van der Waals surface area contributed by atoms with Gasteiger partial charge in [0.2, 0.25) is 0 Å². The lowest BCUT2D eigenvalue weighted by Gasteiger charge is -2.09. The summed E-state index contributed by atoms with van der Waals surface area (Å²) < 4.78 is 10.3. The molecule has 2 rings (SSSR count). The smallest absolute Gasteiger partial charge is 0.341 e. The zero-order valence-electron chi connectivity index (χ0n) is 12.9. The molecule has 0 radical (unpaired) electrons. The molecule has 1 aromatic rings. The summed E-state index contributed by atoms with van der Waals surface area (Å²) in [5, 5.41) is 11.1. The molecule has 1 aromatic carbocycles. The topological polar surface area (TPSA) is 122 Å². The van der Waals surface area contributed by atoms with Crippen LogP contribution < -0.4 is 10.1 Å². The van der Waals surface area contributed by atoms with Crippen LogP contribution in [0.1, 0.15) is 5.56 Å². The van der Waals surface area contributed by atoms with Crippen molar-refractivity contribution in [3.63, 3.8) is 0 Å². The lowest BCUT2D eigenvalue weighted by molar-refractivity contribution is -0.143. The molecule has 0 atom stereocenters. The fourth-order valence-electron chi connectivity index (χ4n) is 1.97. The second kappa shape index (κ2) is 7.79. The van der Waals surface area contributed by atoms with Crippen LogP contribution in [0.3, 0.4) is 0 Å². The van der Waals surface area contributed by atoms with Crippen LogP contribution >= 0.6 is 15.9 Å². The lowest BCUT2D eigenvalue weighted by Crippen LogP contribution is -2.36. The Kier molecular flexibility index (Phi) is 5.75. The number of carboxylic acids is 1. The van der Waals surface area contributed by atoms with E-state index in [2.05, 4.69) is 26.0 Å². The van der Waals surface area contributed by atoms with Crippen molar-refractivity contribution in [1.29, 1.82) is 0 Å². The second-order valence-corrected chi connectivity index (χ2v) is 5.74. The fraction of sp³-hybridized carbons (Fsp3) is 0.200. The third-order valence-electron chi connectivity index (χ3n) is 3.10. The van der Waals surface area contributed by atoms with Crippen LogP contribution in [0.2, 0.25) is 0 Å². The van der Waals surface area contributed by atoms with Crippen LogP contribution in [-0.2, 0) is 19.1 Å². The van der Waals surface area contributed by atoms with Crippen molar-refractivity contribution in [2.24, 2.45) is 0 Å². The first-order valence-electron chi connectivity index (χ1n) is 6.87. The van der Waals surface area contributed by atoms with Gasteiger partial charge in [0, 0.05) is 10.0 Å². The number of nitrogens with one attached hydrogen (secondary N) is 1. The number of aliphatic carboxylic acids is 1. The normalized spacial score (nSPS) is 15.3. The number of ether oxygens (including phenoxy) is 2. The first-order valence-corrected chi connectivity index (χ1v) is 7.66. The van der Waals surface area contributed by atoms with Crippen molar-refractivity contribution in [1.82, 2.24) is 10.2 Å². The highest BCUT2D eigenvalue weighted by Gasteiger charge is 2.35. The van der Waals surface area contributed by atoms with Gasteiger partial charge in [-0.2, -0.15) is 0 Å². The molecule has 3 amide bonds. The molecule has 1 aliphatic heterocycles. The number of rotatable bonds is 6. The third kappa shape index (κ3) is 4.57. The van der Waals surface area contributed by atoms with Crippen LogP contribution in [0.25, 0.3) is 6.08 Å². The first-order chi connectivity index (χ1) is 11.8. The molecule has 0 aliphatic carbocycles. The van der Waals surface area contributed by atoms with Gasteiger partial charge in [0.05, 0.1) is 7.11 Å². The Bertz CT molecular complexity index is 775. The maximum Gasteiger partial charge on any atom is 0.341 e. The number of hydrogen-bond acceptors (Lipinski definition) is 6. The number of carboxylic acid groups (broad SMARTS) is 1. The highest BCUT2D eigenvalue weighted by molar-refractivity contribution is 9.10. The molecule has 2 N–H and O–H groups in total. The molecule has 9 nitrogen and oxygen atoms in total. The number of carbonyl (C=O) groups excluding carboxylic acids is 3. The first kappa shape index (κ1) is 18.5. The van der Waals surface area contributed by atoms with Gasteiger partial charge < -0.3 is 19.9 Å².